The number of aryl methyl sites for hydroxylation is 2. The van der Waals surface area contributed by atoms with Crippen LogP contribution in [0, 0.1) is 6.92 Å². The maximum absolute atomic E-state index is 12.8. The van der Waals surface area contributed by atoms with Gasteiger partial charge in [-0.2, -0.15) is 13.2 Å². The van der Waals surface area contributed by atoms with Gasteiger partial charge in [0.1, 0.15) is 5.69 Å². The highest BCUT2D eigenvalue weighted by Gasteiger charge is 2.37. The van der Waals surface area contributed by atoms with E-state index in [-0.39, 0.29) is 12.0 Å². The van der Waals surface area contributed by atoms with Crippen molar-refractivity contribution in [1.29, 1.82) is 0 Å². The van der Waals surface area contributed by atoms with Gasteiger partial charge in [0.05, 0.1) is 5.56 Å². The predicted molar refractivity (Wildman–Crippen MR) is 62.9 cm³/mol. The Bertz CT molecular complexity index is 621. The lowest BCUT2D eigenvalue weighted by Gasteiger charge is -2.05. The smallest absolute Gasteiger partial charge is 0.291 e. The van der Waals surface area contributed by atoms with Gasteiger partial charge in [0.2, 0.25) is 0 Å². The summed E-state index contributed by atoms with van der Waals surface area (Å²) in [6.07, 6.45) is -4.54. The molecule has 18 heavy (non-hydrogen) atoms. The molecule has 0 aliphatic heterocycles. The maximum atomic E-state index is 12.8. The van der Waals surface area contributed by atoms with E-state index >= 15 is 0 Å². The maximum Gasteiger partial charge on any atom is 0.433 e. The molecular formula is C11H11F3N2OS. The third-order valence-corrected chi connectivity index (χ3v) is 3.62. The minimum atomic E-state index is -4.54. The highest BCUT2D eigenvalue weighted by atomic mass is 32.1. The van der Waals surface area contributed by atoms with Gasteiger partial charge in [0.25, 0.3) is 5.56 Å². The fourth-order valence-electron chi connectivity index (χ4n) is 1.75. The Morgan fingerprint density at radius 3 is 2.61 bits per heavy atom. The molecule has 1 N–H and O–H groups in total. The number of aromatic amines is 1. The van der Waals surface area contributed by atoms with Crippen molar-refractivity contribution >= 4 is 11.3 Å². The normalized spacial score (nSPS) is 12.1. The molecule has 0 unspecified atom stereocenters. The third-order valence-electron chi connectivity index (χ3n) is 2.56. The minimum absolute atomic E-state index is 0.00350. The molecule has 2 rings (SSSR count). The summed E-state index contributed by atoms with van der Waals surface area (Å²) in [5.74, 6) is 0. The Morgan fingerprint density at radius 1 is 1.44 bits per heavy atom. The highest BCUT2D eigenvalue weighted by Crippen LogP contribution is 2.30. The van der Waals surface area contributed by atoms with E-state index in [0.29, 0.717) is 0 Å². The van der Waals surface area contributed by atoms with Gasteiger partial charge in [0.15, 0.2) is 0 Å². The van der Waals surface area contributed by atoms with Gasteiger partial charge < -0.3 is 0 Å². The monoisotopic (exact) mass is 276 g/mol. The Morgan fingerprint density at radius 2 is 2.11 bits per heavy atom. The second-order valence-corrected chi connectivity index (χ2v) is 5.09. The van der Waals surface area contributed by atoms with Crippen LogP contribution in [-0.2, 0) is 19.6 Å². The number of hydrogen-bond acceptors (Lipinski definition) is 2. The standard InChI is InChI=1S/C11H11F3N2OS/c1-6-3-7(18-5-6)4-8-9(11(12,13)14)15-16(2)10(8)17/h3,5,15H,4H2,1-2H3. The molecule has 0 aromatic carbocycles. The van der Waals surface area contributed by atoms with Crippen LogP contribution in [0.5, 0.6) is 0 Å². The van der Waals surface area contributed by atoms with E-state index in [1.807, 2.05) is 12.3 Å². The van der Waals surface area contributed by atoms with E-state index in [4.69, 9.17) is 0 Å². The number of thiophene rings is 1. The van der Waals surface area contributed by atoms with Crippen molar-refractivity contribution in [2.24, 2.45) is 7.05 Å². The van der Waals surface area contributed by atoms with Gasteiger partial charge in [0, 0.05) is 18.3 Å². The molecule has 2 aromatic heterocycles. The first-order valence-corrected chi connectivity index (χ1v) is 6.06. The molecule has 0 saturated carbocycles. The minimum Gasteiger partial charge on any atom is -0.291 e. The van der Waals surface area contributed by atoms with Crippen LogP contribution in [-0.4, -0.2) is 9.78 Å². The molecule has 7 heteroatoms. The van der Waals surface area contributed by atoms with Gasteiger partial charge in [-0.15, -0.1) is 11.3 Å². The summed E-state index contributed by atoms with van der Waals surface area (Å²) in [5.41, 5.74) is -0.836. The number of alkyl halides is 3. The number of H-pyrrole nitrogens is 1. The summed E-state index contributed by atoms with van der Waals surface area (Å²) < 4.78 is 39.2. The summed E-state index contributed by atoms with van der Waals surface area (Å²) in [7, 11) is 1.28. The van der Waals surface area contributed by atoms with E-state index in [0.717, 1.165) is 15.1 Å². The largest absolute Gasteiger partial charge is 0.433 e. The summed E-state index contributed by atoms with van der Waals surface area (Å²) in [4.78, 5) is 12.4. The molecule has 0 aliphatic rings. The van der Waals surface area contributed by atoms with Gasteiger partial charge in [-0.25, -0.2) is 0 Å². The van der Waals surface area contributed by atoms with Crippen LogP contribution in [0.1, 0.15) is 21.7 Å². The first kappa shape index (κ1) is 12.9. The third kappa shape index (κ3) is 2.35. The molecule has 2 aromatic rings. The van der Waals surface area contributed by atoms with Gasteiger partial charge in [-0.1, -0.05) is 0 Å². The van der Waals surface area contributed by atoms with Crippen LogP contribution >= 0.6 is 11.3 Å². The molecule has 0 atom stereocenters. The number of nitrogens with zero attached hydrogens (tertiary/aromatic N) is 1. The lowest BCUT2D eigenvalue weighted by atomic mass is 10.1. The summed E-state index contributed by atoms with van der Waals surface area (Å²) >= 11 is 1.35. The highest BCUT2D eigenvalue weighted by molar-refractivity contribution is 7.10. The van der Waals surface area contributed by atoms with E-state index in [1.165, 1.54) is 18.4 Å². The zero-order chi connectivity index (χ0) is 13.5. The van der Waals surface area contributed by atoms with Crippen molar-refractivity contribution in [3.63, 3.8) is 0 Å². The fraction of sp³-hybridized carbons (Fsp3) is 0.364. The molecular weight excluding hydrogens is 265 g/mol. The second kappa shape index (κ2) is 4.31. The second-order valence-electron chi connectivity index (χ2n) is 4.09. The fourth-order valence-corrected chi connectivity index (χ4v) is 2.64. The van der Waals surface area contributed by atoms with E-state index < -0.39 is 17.4 Å². The number of hydrogen-bond donors (Lipinski definition) is 1. The van der Waals surface area contributed by atoms with Crippen LogP contribution in [0.3, 0.4) is 0 Å². The molecule has 0 spiro atoms. The van der Waals surface area contributed by atoms with Crippen molar-refractivity contribution in [2.75, 3.05) is 0 Å². The Hall–Kier alpha value is -1.50. The average molecular weight is 276 g/mol. The van der Waals surface area contributed by atoms with Crippen molar-refractivity contribution in [3.05, 3.63) is 43.5 Å². The first-order valence-electron chi connectivity index (χ1n) is 5.18. The lowest BCUT2D eigenvalue weighted by molar-refractivity contribution is -0.142. The summed E-state index contributed by atoms with van der Waals surface area (Å²) in [6, 6.07) is 1.79. The van der Waals surface area contributed by atoms with Crippen LogP contribution in [0.4, 0.5) is 13.2 Å². The molecule has 0 saturated heterocycles. The Balaban J connectivity index is 2.47. The zero-order valence-electron chi connectivity index (χ0n) is 9.76. The van der Waals surface area contributed by atoms with Crippen LogP contribution in [0.25, 0.3) is 0 Å². The van der Waals surface area contributed by atoms with Crippen molar-refractivity contribution in [3.8, 4) is 0 Å². The van der Waals surface area contributed by atoms with E-state index in [9.17, 15) is 18.0 Å². The van der Waals surface area contributed by atoms with E-state index in [1.54, 1.807) is 6.07 Å². The number of aromatic nitrogens is 2. The van der Waals surface area contributed by atoms with Crippen molar-refractivity contribution < 1.29 is 13.2 Å². The predicted octanol–water partition coefficient (Wildman–Crippen LogP) is 2.69. The number of halogens is 3. The lowest BCUT2D eigenvalue weighted by Crippen LogP contribution is -2.16. The molecule has 3 nitrogen and oxygen atoms in total. The quantitative estimate of drug-likeness (QED) is 0.899. The number of rotatable bonds is 2. The Labute approximate surface area is 105 Å². The van der Waals surface area contributed by atoms with Crippen molar-refractivity contribution in [1.82, 2.24) is 9.78 Å². The topological polar surface area (TPSA) is 37.8 Å². The van der Waals surface area contributed by atoms with E-state index in [2.05, 4.69) is 5.10 Å². The van der Waals surface area contributed by atoms with Crippen molar-refractivity contribution in [2.45, 2.75) is 19.5 Å². The van der Waals surface area contributed by atoms with Crippen LogP contribution < -0.4 is 5.56 Å². The van der Waals surface area contributed by atoms with Gasteiger partial charge in [-0.3, -0.25) is 14.6 Å². The Kier molecular flexibility index (Phi) is 3.10. The summed E-state index contributed by atoms with van der Waals surface area (Å²) in [5, 5.41) is 3.91. The molecule has 0 amide bonds. The average Bonchev–Trinajstić information content (AvgIpc) is 2.76. The van der Waals surface area contributed by atoms with Crippen LogP contribution in [0.2, 0.25) is 0 Å². The van der Waals surface area contributed by atoms with Crippen LogP contribution in [0.15, 0.2) is 16.2 Å². The van der Waals surface area contributed by atoms with Gasteiger partial charge >= 0.3 is 6.18 Å². The van der Waals surface area contributed by atoms with Gasteiger partial charge in [-0.05, 0) is 23.9 Å². The zero-order valence-corrected chi connectivity index (χ0v) is 10.6. The SMILES string of the molecule is Cc1csc(Cc2c(C(F)(F)F)[nH]n(C)c2=O)c1. The molecule has 98 valence electrons. The first-order chi connectivity index (χ1) is 8.29. The molecule has 2 heterocycles. The molecule has 0 bridgehead atoms. The molecule has 0 fully saturated rings. The summed E-state index contributed by atoms with van der Waals surface area (Å²) in [6.45, 7) is 1.86. The molecule has 0 aliphatic carbocycles. The molecule has 0 radical (unpaired) electrons. The number of nitrogens with one attached hydrogen (secondary N) is 1.